The van der Waals surface area contributed by atoms with Gasteiger partial charge < -0.3 is 14.4 Å². The minimum atomic E-state index is -0.179. The van der Waals surface area contributed by atoms with Crippen LogP contribution in [0.4, 0.5) is 0 Å². The lowest BCUT2D eigenvalue weighted by Gasteiger charge is -2.47. The maximum atomic E-state index is 12.7. The van der Waals surface area contributed by atoms with Crippen molar-refractivity contribution >= 4 is 11.5 Å². The molecule has 1 aliphatic carbocycles. The molecule has 3 saturated heterocycles. The van der Waals surface area contributed by atoms with Crippen molar-refractivity contribution in [3.63, 3.8) is 0 Å². The molecule has 4 nitrogen and oxygen atoms in total. The number of methoxy groups -OCH3 is 1. The molecular weight excluding hydrogens is 302 g/mol. The van der Waals surface area contributed by atoms with Crippen LogP contribution in [-0.4, -0.2) is 44.2 Å². The van der Waals surface area contributed by atoms with Crippen molar-refractivity contribution in [1.29, 1.82) is 0 Å². The molecule has 0 amide bonds. The average molecular weight is 327 g/mol. The molecule has 5 rings (SSSR count). The molecule has 0 aromatic heterocycles. The first-order valence-corrected chi connectivity index (χ1v) is 8.88. The number of rotatable bonds is 4. The van der Waals surface area contributed by atoms with Gasteiger partial charge in [-0.1, -0.05) is 12.1 Å². The van der Waals surface area contributed by atoms with E-state index in [1.807, 2.05) is 19.1 Å². The van der Waals surface area contributed by atoms with Gasteiger partial charge in [-0.05, 0) is 75.0 Å². The number of fused-ring (bicyclic) bond motifs is 4. The average Bonchev–Trinajstić information content (AvgIpc) is 3.03. The Hall–Kier alpha value is -1.81. The predicted octanol–water partition coefficient (Wildman–Crippen LogP) is 2.97. The standard InChI is InChI=1S/C20H25NO3/c1-14-11-15-3-4-16(17(15)12-18(14)23-2)19(22)24-13-20-5-8-21(9-6-20)10-7-20/h4,11-12H,3,5-10,13H2,1-2H3. The summed E-state index contributed by atoms with van der Waals surface area (Å²) in [7, 11) is 1.67. The molecule has 0 radical (unpaired) electrons. The van der Waals surface area contributed by atoms with E-state index >= 15 is 0 Å². The van der Waals surface area contributed by atoms with Gasteiger partial charge in [0.05, 0.1) is 19.3 Å². The molecule has 1 aromatic rings. The highest BCUT2D eigenvalue weighted by Gasteiger charge is 2.40. The van der Waals surface area contributed by atoms with Crippen molar-refractivity contribution in [2.24, 2.45) is 5.41 Å². The second kappa shape index (κ2) is 5.92. The molecule has 3 fully saturated rings. The Morgan fingerprint density at radius 2 is 1.92 bits per heavy atom. The zero-order valence-corrected chi connectivity index (χ0v) is 14.6. The first kappa shape index (κ1) is 15.7. The molecule has 1 aromatic carbocycles. The molecule has 0 unspecified atom stereocenters. The lowest BCUT2D eigenvalue weighted by atomic mass is 9.73. The summed E-state index contributed by atoms with van der Waals surface area (Å²) in [6.45, 7) is 6.05. The van der Waals surface area contributed by atoms with Gasteiger partial charge in [-0.15, -0.1) is 0 Å². The summed E-state index contributed by atoms with van der Waals surface area (Å²) < 4.78 is 11.2. The van der Waals surface area contributed by atoms with Crippen LogP contribution in [0.1, 0.15) is 36.0 Å². The van der Waals surface area contributed by atoms with E-state index in [2.05, 4.69) is 11.0 Å². The fourth-order valence-electron chi connectivity index (χ4n) is 4.31. The van der Waals surface area contributed by atoms with E-state index in [9.17, 15) is 4.79 Å². The number of carbonyl (C=O) groups excluding carboxylic acids is 1. The number of hydrogen-bond donors (Lipinski definition) is 0. The van der Waals surface area contributed by atoms with Crippen molar-refractivity contribution in [2.75, 3.05) is 33.4 Å². The third-order valence-electron chi connectivity index (χ3n) is 6.04. The highest BCUT2D eigenvalue weighted by atomic mass is 16.5. The number of hydrogen-bond acceptors (Lipinski definition) is 4. The maximum Gasteiger partial charge on any atom is 0.338 e. The lowest BCUT2D eigenvalue weighted by Crippen LogP contribution is -2.50. The van der Waals surface area contributed by atoms with E-state index in [-0.39, 0.29) is 11.4 Å². The third kappa shape index (κ3) is 2.63. The molecule has 0 spiro atoms. The molecule has 0 saturated carbocycles. The Morgan fingerprint density at radius 1 is 1.21 bits per heavy atom. The van der Waals surface area contributed by atoms with E-state index in [4.69, 9.17) is 9.47 Å². The Labute approximate surface area is 143 Å². The molecular formula is C20H25NO3. The Balaban J connectivity index is 1.47. The topological polar surface area (TPSA) is 38.8 Å². The number of piperidine rings is 3. The molecule has 128 valence electrons. The molecule has 0 N–H and O–H groups in total. The zero-order valence-electron chi connectivity index (χ0n) is 14.6. The van der Waals surface area contributed by atoms with E-state index in [1.165, 1.54) is 5.56 Å². The van der Waals surface area contributed by atoms with Gasteiger partial charge in [0, 0.05) is 5.41 Å². The van der Waals surface area contributed by atoms with E-state index in [1.54, 1.807) is 7.11 Å². The highest BCUT2D eigenvalue weighted by molar-refractivity contribution is 6.18. The van der Waals surface area contributed by atoms with Gasteiger partial charge in [0.25, 0.3) is 0 Å². The number of allylic oxidation sites excluding steroid dienone is 1. The van der Waals surface area contributed by atoms with Crippen LogP contribution in [0.2, 0.25) is 0 Å². The Bertz CT molecular complexity index is 685. The fraction of sp³-hybridized carbons (Fsp3) is 0.550. The normalized spacial score (nSPS) is 27.6. The monoisotopic (exact) mass is 327 g/mol. The molecule has 4 aliphatic rings. The van der Waals surface area contributed by atoms with E-state index in [0.29, 0.717) is 12.2 Å². The van der Waals surface area contributed by atoms with Crippen LogP contribution in [0, 0.1) is 12.3 Å². The fourth-order valence-corrected chi connectivity index (χ4v) is 4.31. The summed E-state index contributed by atoms with van der Waals surface area (Å²) in [6, 6.07) is 4.09. The number of esters is 1. The van der Waals surface area contributed by atoms with Crippen LogP contribution in [0.3, 0.4) is 0 Å². The van der Waals surface area contributed by atoms with Gasteiger partial charge in [-0.3, -0.25) is 0 Å². The number of benzene rings is 1. The van der Waals surface area contributed by atoms with Crippen molar-refractivity contribution in [2.45, 2.75) is 32.6 Å². The minimum absolute atomic E-state index is 0.179. The SMILES string of the molecule is COc1cc2c(cc1C)CC=C2C(=O)OCC12CCN(CC1)CC2. The molecule has 24 heavy (non-hydrogen) atoms. The largest absolute Gasteiger partial charge is 0.496 e. The number of carbonyl (C=O) groups is 1. The molecule has 2 bridgehead atoms. The lowest BCUT2D eigenvalue weighted by molar-refractivity contribution is -0.143. The van der Waals surface area contributed by atoms with Gasteiger partial charge in [0.2, 0.25) is 0 Å². The quantitative estimate of drug-likeness (QED) is 0.797. The van der Waals surface area contributed by atoms with Crippen molar-refractivity contribution in [3.8, 4) is 5.75 Å². The van der Waals surface area contributed by atoms with Crippen LogP contribution in [0.5, 0.6) is 5.75 Å². The number of aryl methyl sites for hydroxylation is 1. The van der Waals surface area contributed by atoms with Crippen LogP contribution in [0.15, 0.2) is 18.2 Å². The maximum absolute atomic E-state index is 12.7. The van der Waals surface area contributed by atoms with Gasteiger partial charge in [-0.2, -0.15) is 0 Å². The summed E-state index contributed by atoms with van der Waals surface area (Å²) in [4.78, 5) is 15.2. The van der Waals surface area contributed by atoms with Crippen molar-refractivity contribution in [1.82, 2.24) is 4.90 Å². The van der Waals surface area contributed by atoms with Crippen molar-refractivity contribution in [3.05, 3.63) is 34.9 Å². The first-order valence-electron chi connectivity index (χ1n) is 8.88. The predicted molar refractivity (Wildman–Crippen MR) is 93.1 cm³/mol. The number of nitrogens with zero attached hydrogens (tertiary/aromatic N) is 1. The molecule has 3 heterocycles. The van der Waals surface area contributed by atoms with Gasteiger partial charge >= 0.3 is 5.97 Å². The molecule has 0 atom stereocenters. The highest BCUT2D eigenvalue weighted by Crippen LogP contribution is 2.41. The summed E-state index contributed by atoms with van der Waals surface area (Å²) >= 11 is 0. The Morgan fingerprint density at radius 3 is 2.58 bits per heavy atom. The summed E-state index contributed by atoms with van der Waals surface area (Å²) in [5.74, 6) is 0.648. The van der Waals surface area contributed by atoms with Gasteiger partial charge in [0.1, 0.15) is 5.75 Å². The zero-order chi connectivity index (χ0) is 16.7. The van der Waals surface area contributed by atoms with Crippen LogP contribution in [-0.2, 0) is 16.0 Å². The smallest absolute Gasteiger partial charge is 0.338 e. The summed E-state index contributed by atoms with van der Waals surface area (Å²) in [5.41, 5.74) is 4.18. The molecule has 3 aliphatic heterocycles. The van der Waals surface area contributed by atoms with Crippen molar-refractivity contribution < 1.29 is 14.3 Å². The third-order valence-corrected chi connectivity index (χ3v) is 6.04. The minimum Gasteiger partial charge on any atom is -0.496 e. The summed E-state index contributed by atoms with van der Waals surface area (Å²) in [5, 5.41) is 0. The Kier molecular flexibility index (Phi) is 3.87. The van der Waals surface area contributed by atoms with Crippen LogP contribution in [0.25, 0.3) is 5.57 Å². The second-order valence-corrected chi connectivity index (χ2v) is 7.47. The van der Waals surface area contributed by atoms with Crippen LogP contribution >= 0.6 is 0 Å². The van der Waals surface area contributed by atoms with Gasteiger partial charge in [0.15, 0.2) is 0 Å². The first-order chi connectivity index (χ1) is 11.6. The second-order valence-electron chi connectivity index (χ2n) is 7.47. The van der Waals surface area contributed by atoms with Crippen LogP contribution < -0.4 is 4.74 Å². The van der Waals surface area contributed by atoms with E-state index in [0.717, 1.165) is 62.2 Å². The summed E-state index contributed by atoms with van der Waals surface area (Å²) in [6.07, 6.45) is 6.26. The molecule has 4 heteroatoms. The van der Waals surface area contributed by atoms with E-state index < -0.39 is 0 Å². The number of ether oxygens (including phenoxy) is 2. The van der Waals surface area contributed by atoms with Gasteiger partial charge in [-0.25, -0.2) is 4.79 Å².